The average Bonchev–Trinajstić information content (AvgIpc) is 2.47. The first-order valence-corrected chi connectivity index (χ1v) is 7.11. The molecule has 0 bridgehead atoms. The van der Waals surface area contributed by atoms with Gasteiger partial charge in [-0.15, -0.1) is 0 Å². The first-order valence-electron chi connectivity index (χ1n) is 7.11. The standard InChI is InChI=1S/C17H19FN2O2/c1-12-5-4-8-19-16(12)20(10-13(2)17(21)22)11-14-6-3-7-15(18)9-14/h3-9,13H,10-11H2,1-2H3,(H,21,22). The lowest BCUT2D eigenvalue weighted by Crippen LogP contribution is -2.32. The first kappa shape index (κ1) is 15.9. The van der Waals surface area contributed by atoms with Crippen LogP contribution in [0.1, 0.15) is 18.1 Å². The van der Waals surface area contributed by atoms with Gasteiger partial charge in [0.25, 0.3) is 0 Å². The van der Waals surface area contributed by atoms with Crippen LogP contribution in [0.2, 0.25) is 0 Å². The van der Waals surface area contributed by atoms with Gasteiger partial charge in [0.1, 0.15) is 11.6 Å². The van der Waals surface area contributed by atoms with Crippen LogP contribution >= 0.6 is 0 Å². The van der Waals surface area contributed by atoms with Gasteiger partial charge in [-0.3, -0.25) is 4.79 Å². The highest BCUT2D eigenvalue weighted by Crippen LogP contribution is 2.20. The number of aryl methyl sites for hydroxylation is 1. The molecule has 0 aliphatic rings. The largest absolute Gasteiger partial charge is 0.481 e. The molecule has 0 aliphatic heterocycles. The van der Waals surface area contributed by atoms with Crippen LogP contribution < -0.4 is 4.90 Å². The maximum atomic E-state index is 13.4. The van der Waals surface area contributed by atoms with Gasteiger partial charge in [0, 0.05) is 19.3 Å². The molecule has 4 nitrogen and oxygen atoms in total. The Morgan fingerprint density at radius 1 is 1.36 bits per heavy atom. The highest BCUT2D eigenvalue weighted by molar-refractivity contribution is 5.70. The van der Waals surface area contributed by atoms with Crippen molar-refractivity contribution in [2.24, 2.45) is 5.92 Å². The van der Waals surface area contributed by atoms with Crippen molar-refractivity contribution in [2.45, 2.75) is 20.4 Å². The lowest BCUT2D eigenvalue weighted by atomic mass is 10.1. The van der Waals surface area contributed by atoms with Crippen molar-refractivity contribution < 1.29 is 14.3 Å². The van der Waals surface area contributed by atoms with Crippen LogP contribution in [0.3, 0.4) is 0 Å². The van der Waals surface area contributed by atoms with Crippen molar-refractivity contribution in [3.63, 3.8) is 0 Å². The number of nitrogens with zero attached hydrogens (tertiary/aromatic N) is 2. The molecule has 0 amide bonds. The van der Waals surface area contributed by atoms with Crippen LogP contribution in [0.15, 0.2) is 42.6 Å². The molecular formula is C17H19FN2O2. The molecule has 0 saturated carbocycles. The number of hydrogen-bond acceptors (Lipinski definition) is 3. The van der Waals surface area contributed by atoms with Crippen molar-refractivity contribution in [2.75, 3.05) is 11.4 Å². The number of aromatic nitrogens is 1. The van der Waals surface area contributed by atoms with E-state index in [1.807, 2.05) is 30.0 Å². The Labute approximate surface area is 129 Å². The molecule has 2 aromatic rings. The van der Waals surface area contributed by atoms with Gasteiger partial charge in [-0.25, -0.2) is 9.37 Å². The Bertz CT molecular complexity index is 661. The zero-order chi connectivity index (χ0) is 16.1. The summed E-state index contributed by atoms with van der Waals surface area (Å²) in [7, 11) is 0. The monoisotopic (exact) mass is 302 g/mol. The number of halogens is 1. The van der Waals surface area contributed by atoms with Gasteiger partial charge in [-0.1, -0.05) is 25.1 Å². The second-order valence-electron chi connectivity index (χ2n) is 5.39. The van der Waals surface area contributed by atoms with Crippen molar-refractivity contribution in [1.82, 2.24) is 4.98 Å². The molecule has 0 saturated heterocycles. The highest BCUT2D eigenvalue weighted by atomic mass is 19.1. The van der Waals surface area contributed by atoms with Crippen LogP contribution in [-0.4, -0.2) is 22.6 Å². The zero-order valence-electron chi connectivity index (χ0n) is 12.7. The fourth-order valence-corrected chi connectivity index (χ4v) is 2.30. The van der Waals surface area contributed by atoms with Crippen molar-refractivity contribution in [3.05, 3.63) is 59.5 Å². The molecule has 1 heterocycles. The molecule has 0 radical (unpaired) electrons. The summed E-state index contributed by atoms with van der Waals surface area (Å²) >= 11 is 0. The Hall–Kier alpha value is -2.43. The second kappa shape index (κ2) is 7.02. The number of carbonyl (C=O) groups is 1. The van der Waals surface area contributed by atoms with E-state index >= 15 is 0 Å². The topological polar surface area (TPSA) is 53.4 Å². The zero-order valence-corrected chi connectivity index (χ0v) is 12.7. The van der Waals surface area contributed by atoms with Gasteiger partial charge in [0.2, 0.25) is 0 Å². The molecule has 1 unspecified atom stereocenters. The van der Waals surface area contributed by atoms with Crippen molar-refractivity contribution in [3.8, 4) is 0 Å². The minimum atomic E-state index is -0.863. The van der Waals surface area contributed by atoms with Crippen LogP contribution in [0.4, 0.5) is 10.2 Å². The molecule has 22 heavy (non-hydrogen) atoms. The summed E-state index contributed by atoms with van der Waals surface area (Å²) in [6, 6.07) is 10.1. The number of pyridine rings is 1. The minimum absolute atomic E-state index is 0.304. The Morgan fingerprint density at radius 2 is 2.14 bits per heavy atom. The second-order valence-corrected chi connectivity index (χ2v) is 5.39. The maximum Gasteiger partial charge on any atom is 0.308 e. The molecule has 116 valence electrons. The smallest absolute Gasteiger partial charge is 0.308 e. The molecule has 1 aromatic carbocycles. The van der Waals surface area contributed by atoms with Crippen molar-refractivity contribution >= 4 is 11.8 Å². The molecule has 0 aliphatic carbocycles. The average molecular weight is 302 g/mol. The number of rotatable bonds is 6. The molecule has 5 heteroatoms. The van der Waals surface area contributed by atoms with E-state index in [0.29, 0.717) is 13.1 Å². The first-order chi connectivity index (χ1) is 10.5. The van der Waals surface area contributed by atoms with Crippen LogP contribution in [0.25, 0.3) is 0 Å². The Kier molecular flexibility index (Phi) is 5.09. The molecule has 1 N–H and O–H groups in total. The summed E-state index contributed by atoms with van der Waals surface area (Å²) in [5.41, 5.74) is 1.74. The molecule has 1 aromatic heterocycles. The summed E-state index contributed by atoms with van der Waals surface area (Å²) < 4.78 is 13.4. The van der Waals surface area contributed by atoms with Crippen LogP contribution in [0.5, 0.6) is 0 Å². The summed E-state index contributed by atoms with van der Waals surface area (Å²) in [6.07, 6.45) is 1.67. The highest BCUT2D eigenvalue weighted by Gasteiger charge is 2.19. The SMILES string of the molecule is Cc1cccnc1N(Cc1cccc(F)c1)CC(C)C(=O)O. The van der Waals surface area contributed by atoms with Gasteiger partial charge >= 0.3 is 5.97 Å². The van der Waals surface area contributed by atoms with Crippen LogP contribution in [-0.2, 0) is 11.3 Å². The van der Waals surface area contributed by atoms with E-state index in [1.165, 1.54) is 12.1 Å². The molecule has 2 rings (SSSR count). The van der Waals surface area contributed by atoms with Gasteiger partial charge < -0.3 is 10.0 Å². The maximum absolute atomic E-state index is 13.4. The van der Waals surface area contributed by atoms with Gasteiger partial charge in [0.05, 0.1) is 5.92 Å². The van der Waals surface area contributed by atoms with Gasteiger partial charge in [-0.05, 0) is 36.2 Å². The number of aliphatic carboxylic acids is 1. The van der Waals surface area contributed by atoms with E-state index in [9.17, 15) is 9.18 Å². The third-order valence-electron chi connectivity index (χ3n) is 3.46. The van der Waals surface area contributed by atoms with E-state index in [4.69, 9.17) is 5.11 Å². The van der Waals surface area contributed by atoms with Gasteiger partial charge in [0.15, 0.2) is 0 Å². The fraction of sp³-hybridized carbons (Fsp3) is 0.294. The molecule has 0 spiro atoms. The van der Waals surface area contributed by atoms with E-state index in [0.717, 1.165) is 16.9 Å². The fourth-order valence-electron chi connectivity index (χ4n) is 2.30. The summed E-state index contributed by atoms with van der Waals surface area (Å²) in [6.45, 7) is 4.29. The number of benzene rings is 1. The summed E-state index contributed by atoms with van der Waals surface area (Å²) in [4.78, 5) is 17.4. The van der Waals surface area contributed by atoms with Crippen molar-refractivity contribution in [1.29, 1.82) is 0 Å². The third-order valence-corrected chi connectivity index (χ3v) is 3.46. The quantitative estimate of drug-likeness (QED) is 0.890. The van der Waals surface area contributed by atoms with E-state index in [-0.39, 0.29) is 5.82 Å². The number of anilines is 1. The third kappa shape index (κ3) is 4.04. The Morgan fingerprint density at radius 3 is 2.77 bits per heavy atom. The number of carboxylic acid groups (broad SMARTS) is 1. The molecular weight excluding hydrogens is 283 g/mol. The number of hydrogen-bond donors (Lipinski definition) is 1. The predicted octanol–water partition coefficient (Wildman–Crippen LogP) is 3.26. The minimum Gasteiger partial charge on any atom is -0.481 e. The molecule has 0 fully saturated rings. The van der Waals surface area contributed by atoms with Gasteiger partial charge in [-0.2, -0.15) is 0 Å². The van der Waals surface area contributed by atoms with E-state index < -0.39 is 11.9 Å². The lowest BCUT2D eigenvalue weighted by molar-refractivity contribution is -0.140. The van der Waals surface area contributed by atoms with E-state index in [1.54, 1.807) is 19.2 Å². The van der Waals surface area contributed by atoms with E-state index in [2.05, 4.69) is 4.98 Å². The lowest BCUT2D eigenvalue weighted by Gasteiger charge is -2.27. The normalized spacial score (nSPS) is 12.0. The molecule has 1 atom stereocenters. The Balaban J connectivity index is 2.29. The summed E-state index contributed by atoms with van der Waals surface area (Å²) in [5.74, 6) is -0.992. The number of carboxylic acids is 1. The summed E-state index contributed by atoms with van der Waals surface area (Å²) in [5, 5.41) is 9.15. The predicted molar refractivity (Wildman–Crippen MR) is 83.2 cm³/mol. The van der Waals surface area contributed by atoms with Crippen LogP contribution in [0, 0.1) is 18.7 Å².